The molecule has 104 valence electrons. The van der Waals surface area contributed by atoms with Crippen molar-refractivity contribution < 1.29 is 9.90 Å². The van der Waals surface area contributed by atoms with Gasteiger partial charge in [-0.2, -0.15) is 0 Å². The van der Waals surface area contributed by atoms with Crippen LogP contribution in [-0.2, 0) is 13.1 Å². The van der Waals surface area contributed by atoms with E-state index >= 15 is 0 Å². The van der Waals surface area contributed by atoms with Gasteiger partial charge in [-0.05, 0) is 31.7 Å². The van der Waals surface area contributed by atoms with Crippen LogP contribution in [0.5, 0.6) is 0 Å². The maximum atomic E-state index is 10.9. The molecule has 0 saturated carbocycles. The Morgan fingerprint density at radius 3 is 2.50 bits per heavy atom. The highest BCUT2D eigenvalue weighted by Gasteiger charge is 2.07. The van der Waals surface area contributed by atoms with Crippen molar-refractivity contribution in [1.82, 2.24) is 9.88 Å². The molecule has 2 aromatic rings. The SMILES string of the molecule is Cc1ccc(CN(C)Cc2cccc(C(=O)O)n2)cc1. The summed E-state index contributed by atoms with van der Waals surface area (Å²) in [5, 5.41) is 8.93. The summed E-state index contributed by atoms with van der Waals surface area (Å²) < 4.78 is 0. The van der Waals surface area contributed by atoms with E-state index in [1.165, 1.54) is 17.2 Å². The molecule has 0 bridgehead atoms. The number of aromatic carboxylic acids is 1. The molecule has 0 spiro atoms. The Morgan fingerprint density at radius 2 is 1.85 bits per heavy atom. The number of carbonyl (C=O) groups is 1. The highest BCUT2D eigenvalue weighted by atomic mass is 16.4. The van der Waals surface area contributed by atoms with Gasteiger partial charge >= 0.3 is 5.97 Å². The quantitative estimate of drug-likeness (QED) is 0.907. The summed E-state index contributed by atoms with van der Waals surface area (Å²) in [6.07, 6.45) is 0. The Balaban J connectivity index is 2.00. The lowest BCUT2D eigenvalue weighted by Crippen LogP contribution is -2.18. The van der Waals surface area contributed by atoms with Crippen LogP contribution in [0, 0.1) is 6.92 Å². The van der Waals surface area contributed by atoms with Crippen LogP contribution >= 0.6 is 0 Å². The maximum absolute atomic E-state index is 10.9. The third kappa shape index (κ3) is 3.90. The molecule has 0 unspecified atom stereocenters. The predicted molar refractivity (Wildman–Crippen MR) is 77.5 cm³/mol. The molecule has 4 heteroatoms. The zero-order valence-corrected chi connectivity index (χ0v) is 11.7. The monoisotopic (exact) mass is 270 g/mol. The van der Waals surface area contributed by atoms with Gasteiger partial charge in [0.2, 0.25) is 0 Å². The molecular formula is C16H18N2O2. The number of aromatic nitrogens is 1. The third-order valence-electron chi connectivity index (χ3n) is 3.03. The van der Waals surface area contributed by atoms with Gasteiger partial charge in [0.25, 0.3) is 0 Å². The van der Waals surface area contributed by atoms with E-state index < -0.39 is 5.97 Å². The van der Waals surface area contributed by atoms with Crippen molar-refractivity contribution in [2.24, 2.45) is 0 Å². The van der Waals surface area contributed by atoms with E-state index in [1.54, 1.807) is 6.07 Å². The van der Waals surface area contributed by atoms with E-state index in [0.717, 1.165) is 12.2 Å². The highest BCUT2D eigenvalue weighted by Crippen LogP contribution is 2.09. The van der Waals surface area contributed by atoms with Crippen LogP contribution in [0.3, 0.4) is 0 Å². The fraction of sp³-hybridized carbons (Fsp3) is 0.250. The largest absolute Gasteiger partial charge is 0.477 e. The molecular weight excluding hydrogens is 252 g/mol. The standard InChI is InChI=1S/C16H18N2O2/c1-12-6-8-13(9-7-12)10-18(2)11-14-4-3-5-15(17-14)16(19)20/h3-9H,10-11H2,1-2H3,(H,19,20). The van der Waals surface area contributed by atoms with E-state index in [2.05, 4.69) is 41.1 Å². The van der Waals surface area contributed by atoms with Gasteiger partial charge in [0.15, 0.2) is 0 Å². The van der Waals surface area contributed by atoms with Crippen LogP contribution in [-0.4, -0.2) is 28.0 Å². The maximum Gasteiger partial charge on any atom is 0.354 e. The smallest absolute Gasteiger partial charge is 0.354 e. The number of nitrogens with zero attached hydrogens (tertiary/aromatic N) is 2. The van der Waals surface area contributed by atoms with E-state index in [0.29, 0.717) is 6.54 Å². The van der Waals surface area contributed by atoms with Gasteiger partial charge in [0.1, 0.15) is 5.69 Å². The Hall–Kier alpha value is -2.20. The van der Waals surface area contributed by atoms with E-state index in [1.807, 2.05) is 13.1 Å². The number of hydrogen-bond acceptors (Lipinski definition) is 3. The summed E-state index contributed by atoms with van der Waals surface area (Å²) in [5.41, 5.74) is 3.32. The van der Waals surface area contributed by atoms with Crippen LogP contribution < -0.4 is 0 Å². The third-order valence-corrected chi connectivity index (χ3v) is 3.03. The summed E-state index contributed by atoms with van der Waals surface area (Å²) in [6, 6.07) is 13.5. The summed E-state index contributed by atoms with van der Waals surface area (Å²) in [7, 11) is 2.00. The lowest BCUT2D eigenvalue weighted by Gasteiger charge is -2.16. The minimum atomic E-state index is -0.993. The molecule has 0 aliphatic rings. The van der Waals surface area contributed by atoms with Gasteiger partial charge in [0, 0.05) is 13.1 Å². The first kappa shape index (κ1) is 14.2. The number of hydrogen-bond donors (Lipinski definition) is 1. The predicted octanol–water partition coefficient (Wildman–Crippen LogP) is 2.72. The topological polar surface area (TPSA) is 53.4 Å². The molecule has 1 aromatic heterocycles. The van der Waals surface area contributed by atoms with Gasteiger partial charge < -0.3 is 5.11 Å². The van der Waals surface area contributed by atoms with Gasteiger partial charge in [-0.25, -0.2) is 9.78 Å². The van der Waals surface area contributed by atoms with Crippen molar-refractivity contribution in [2.75, 3.05) is 7.05 Å². The molecule has 1 heterocycles. The molecule has 0 saturated heterocycles. The van der Waals surface area contributed by atoms with Crippen molar-refractivity contribution >= 4 is 5.97 Å². The molecule has 0 amide bonds. The van der Waals surface area contributed by atoms with Gasteiger partial charge in [-0.1, -0.05) is 35.9 Å². The zero-order chi connectivity index (χ0) is 14.5. The Bertz CT molecular complexity index is 594. The molecule has 1 aromatic carbocycles. The number of carboxylic acids is 1. The Morgan fingerprint density at radius 1 is 1.15 bits per heavy atom. The van der Waals surface area contributed by atoms with Crippen LogP contribution in [0.4, 0.5) is 0 Å². The van der Waals surface area contributed by atoms with Gasteiger partial charge in [-0.15, -0.1) is 0 Å². The molecule has 0 fully saturated rings. The number of rotatable bonds is 5. The lowest BCUT2D eigenvalue weighted by molar-refractivity contribution is 0.0690. The van der Waals surface area contributed by atoms with Crippen molar-refractivity contribution in [3.63, 3.8) is 0 Å². The molecule has 20 heavy (non-hydrogen) atoms. The second kappa shape index (κ2) is 6.30. The van der Waals surface area contributed by atoms with Gasteiger partial charge in [0.05, 0.1) is 5.69 Å². The van der Waals surface area contributed by atoms with Crippen molar-refractivity contribution in [3.05, 3.63) is 65.0 Å². The second-order valence-electron chi connectivity index (χ2n) is 4.98. The molecule has 0 radical (unpaired) electrons. The summed E-state index contributed by atoms with van der Waals surface area (Å²) in [4.78, 5) is 17.1. The van der Waals surface area contributed by atoms with Crippen LogP contribution in [0.2, 0.25) is 0 Å². The molecule has 0 aliphatic heterocycles. The number of carboxylic acid groups (broad SMARTS) is 1. The molecule has 1 N–H and O–H groups in total. The fourth-order valence-electron chi connectivity index (χ4n) is 2.02. The van der Waals surface area contributed by atoms with Crippen LogP contribution in [0.15, 0.2) is 42.5 Å². The molecule has 4 nitrogen and oxygen atoms in total. The first-order valence-electron chi connectivity index (χ1n) is 6.48. The summed E-state index contributed by atoms with van der Waals surface area (Å²) in [5.74, 6) is -0.993. The average molecular weight is 270 g/mol. The molecule has 0 aliphatic carbocycles. The van der Waals surface area contributed by atoms with Crippen molar-refractivity contribution in [2.45, 2.75) is 20.0 Å². The number of aryl methyl sites for hydroxylation is 1. The minimum Gasteiger partial charge on any atom is -0.477 e. The first-order valence-corrected chi connectivity index (χ1v) is 6.48. The summed E-state index contributed by atoms with van der Waals surface area (Å²) in [6.45, 7) is 3.49. The summed E-state index contributed by atoms with van der Waals surface area (Å²) >= 11 is 0. The van der Waals surface area contributed by atoms with Crippen LogP contribution in [0.1, 0.15) is 27.3 Å². The van der Waals surface area contributed by atoms with E-state index in [-0.39, 0.29) is 5.69 Å². The highest BCUT2D eigenvalue weighted by molar-refractivity contribution is 5.85. The first-order chi connectivity index (χ1) is 9.54. The normalized spacial score (nSPS) is 10.8. The fourth-order valence-corrected chi connectivity index (χ4v) is 2.02. The molecule has 2 rings (SSSR count). The van der Waals surface area contributed by atoms with E-state index in [9.17, 15) is 4.79 Å². The minimum absolute atomic E-state index is 0.0891. The average Bonchev–Trinajstić information content (AvgIpc) is 2.41. The molecule has 0 atom stereocenters. The van der Waals surface area contributed by atoms with Crippen molar-refractivity contribution in [3.8, 4) is 0 Å². The lowest BCUT2D eigenvalue weighted by atomic mass is 10.1. The van der Waals surface area contributed by atoms with Gasteiger partial charge in [-0.3, -0.25) is 4.90 Å². The van der Waals surface area contributed by atoms with Crippen molar-refractivity contribution in [1.29, 1.82) is 0 Å². The van der Waals surface area contributed by atoms with E-state index in [4.69, 9.17) is 5.11 Å². The Kier molecular flexibility index (Phi) is 4.48. The van der Waals surface area contributed by atoms with Crippen LogP contribution in [0.25, 0.3) is 0 Å². The number of pyridine rings is 1. The number of benzene rings is 1. The second-order valence-corrected chi connectivity index (χ2v) is 4.98. The Labute approximate surface area is 118 Å². The zero-order valence-electron chi connectivity index (χ0n) is 11.7.